The van der Waals surface area contributed by atoms with E-state index < -0.39 is 5.97 Å². The monoisotopic (exact) mass is 260 g/mol. The molecule has 19 heavy (non-hydrogen) atoms. The molecule has 4 nitrogen and oxygen atoms in total. The number of benzene rings is 1. The van der Waals surface area contributed by atoms with Crippen LogP contribution in [0.1, 0.15) is 16.1 Å². The first-order valence-corrected chi connectivity index (χ1v) is 5.83. The zero-order valence-electron chi connectivity index (χ0n) is 10.1. The Morgan fingerprint density at radius 1 is 1.26 bits per heavy atom. The van der Waals surface area contributed by atoms with Crippen LogP contribution in [-0.4, -0.2) is 22.6 Å². The van der Waals surface area contributed by atoms with E-state index in [2.05, 4.69) is 10.3 Å². The molecular formula is C14H13FN2O2. The van der Waals surface area contributed by atoms with E-state index in [0.717, 1.165) is 0 Å². The number of nitrogens with one attached hydrogen (secondary N) is 1. The summed E-state index contributed by atoms with van der Waals surface area (Å²) in [4.78, 5) is 14.4. The predicted molar refractivity (Wildman–Crippen MR) is 69.8 cm³/mol. The molecule has 0 aliphatic carbocycles. The molecule has 2 N–H and O–H groups in total. The van der Waals surface area contributed by atoms with Gasteiger partial charge in [0.2, 0.25) is 0 Å². The van der Waals surface area contributed by atoms with Gasteiger partial charge in [-0.3, -0.25) is 0 Å². The van der Waals surface area contributed by atoms with Crippen LogP contribution in [0.25, 0.3) is 0 Å². The minimum absolute atomic E-state index is 0.000321. The van der Waals surface area contributed by atoms with Crippen LogP contribution in [-0.2, 0) is 6.42 Å². The van der Waals surface area contributed by atoms with Gasteiger partial charge in [-0.05, 0) is 30.2 Å². The van der Waals surface area contributed by atoms with E-state index in [-0.39, 0.29) is 11.5 Å². The van der Waals surface area contributed by atoms with Crippen molar-refractivity contribution < 1.29 is 14.3 Å². The van der Waals surface area contributed by atoms with Crippen LogP contribution in [0.5, 0.6) is 0 Å². The highest BCUT2D eigenvalue weighted by Crippen LogP contribution is 2.09. The summed E-state index contributed by atoms with van der Waals surface area (Å²) in [5.41, 5.74) is 1.35. The molecule has 0 amide bonds. The number of carbonyl (C=O) groups is 1. The topological polar surface area (TPSA) is 62.2 Å². The summed E-state index contributed by atoms with van der Waals surface area (Å²) < 4.78 is 13.4. The van der Waals surface area contributed by atoms with Gasteiger partial charge in [0.05, 0.1) is 11.9 Å². The molecule has 0 fully saturated rings. The van der Waals surface area contributed by atoms with Crippen molar-refractivity contribution >= 4 is 11.7 Å². The minimum Gasteiger partial charge on any atom is -0.477 e. The Bertz CT molecular complexity index is 570. The van der Waals surface area contributed by atoms with Gasteiger partial charge in [0.1, 0.15) is 11.5 Å². The minimum atomic E-state index is -1.06. The number of pyridine rings is 1. The molecule has 0 aliphatic heterocycles. The third-order valence-corrected chi connectivity index (χ3v) is 2.66. The number of anilines is 1. The van der Waals surface area contributed by atoms with Crippen molar-refractivity contribution in [3.8, 4) is 0 Å². The Labute approximate surface area is 109 Å². The zero-order chi connectivity index (χ0) is 13.7. The predicted octanol–water partition coefficient (Wildman–Crippen LogP) is 2.57. The van der Waals surface area contributed by atoms with Crippen molar-refractivity contribution in [1.29, 1.82) is 0 Å². The van der Waals surface area contributed by atoms with Crippen molar-refractivity contribution in [3.05, 3.63) is 59.7 Å². The van der Waals surface area contributed by atoms with Crippen molar-refractivity contribution in [2.24, 2.45) is 0 Å². The van der Waals surface area contributed by atoms with E-state index in [9.17, 15) is 9.18 Å². The van der Waals surface area contributed by atoms with Crippen LogP contribution < -0.4 is 5.32 Å². The number of aromatic nitrogens is 1. The highest BCUT2D eigenvalue weighted by molar-refractivity contribution is 5.85. The SMILES string of the molecule is O=C(O)c1ccc(NCCc2ccccc2F)cn1. The number of rotatable bonds is 5. The van der Waals surface area contributed by atoms with E-state index >= 15 is 0 Å². The number of hydrogen-bond donors (Lipinski definition) is 2. The van der Waals surface area contributed by atoms with Gasteiger partial charge >= 0.3 is 5.97 Å². The van der Waals surface area contributed by atoms with Crippen LogP contribution in [0, 0.1) is 5.82 Å². The van der Waals surface area contributed by atoms with E-state index in [0.29, 0.717) is 24.2 Å². The summed E-state index contributed by atoms with van der Waals surface area (Å²) in [6.45, 7) is 0.551. The van der Waals surface area contributed by atoms with Gasteiger partial charge in [0.15, 0.2) is 0 Å². The molecule has 0 atom stereocenters. The average Bonchev–Trinajstić information content (AvgIpc) is 2.41. The molecule has 0 bridgehead atoms. The lowest BCUT2D eigenvalue weighted by molar-refractivity contribution is 0.0690. The summed E-state index contributed by atoms with van der Waals surface area (Å²) in [6, 6.07) is 9.68. The molecule has 1 aromatic heterocycles. The average molecular weight is 260 g/mol. The van der Waals surface area contributed by atoms with Gasteiger partial charge in [-0.15, -0.1) is 0 Å². The van der Waals surface area contributed by atoms with Gasteiger partial charge in [0, 0.05) is 6.54 Å². The number of nitrogens with zero attached hydrogens (tertiary/aromatic N) is 1. The van der Waals surface area contributed by atoms with Crippen LogP contribution in [0.2, 0.25) is 0 Å². The van der Waals surface area contributed by atoms with Gasteiger partial charge in [-0.25, -0.2) is 14.2 Å². The maximum atomic E-state index is 13.4. The van der Waals surface area contributed by atoms with Crippen molar-refractivity contribution in [2.75, 3.05) is 11.9 Å². The van der Waals surface area contributed by atoms with Gasteiger partial charge < -0.3 is 10.4 Å². The maximum absolute atomic E-state index is 13.4. The molecule has 0 saturated carbocycles. The third kappa shape index (κ3) is 3.51. The lowest BCUT2D eigenvalue weighted by atomic mass is 10.1. The Hall–Kier alpha value is -2.43. The second-order valence-electron chi connectivity index (χ2n) is 4.01. The summed E-state index contributed by atoms with van der Waals surface area (Å²) >= 11 is 0. The van der Waals surface area contributed by atoms with E-state index in [1.54, 1.807) is 24.3 Å². The maximum Gasteiger partial charge on any atom is 0.354 e. The van der Waals surface area contributed by atoms with Crippen LogP contribution in [0.15, 0.2) is 42.6 Å². The Morgan fingerprint density at radius 3 is 2.68 bits per heavy atom. The Kier molecular flexibility index (Phi) is 4.07. The van der Waals surface area contributed by atoms with Crippen molar-refractivity contribution in [2.45, 2.75) is 6.42 Å². The lowest BCUT2D eigenvalue weighted by Gasteiger charge is -2.07. The first-order valence-electron chi connectivity index (χ1n) is 5.83. The normalized spacial score (nSPS) is 10.2. The molecule has 0 radical (unpaired) electrons. The number of carboxylic acids is 1. The molecule has 2 rings (SSSR count). The molecule has 2 aromatic rings. The Morgan fingerprint density at radius 2 is 2.05 bits per heavy atom. The van der Waals surface area contributed by atoms with Crippen molar-refractivity contribution in [1.82, 2.24) is 4.98 Å². The standard InChI is InChI=1S/C14H13FN2O2/c15-12-4-2-1-3-10(12)7-8-16-11-5-6-13(14(18)19)17-9-11/h1-6,9,16H,7-8H2,(H,18,19). The largest absolute Gasteiger partial charge is 0.477 e. The molecule has 1 heterocycles. The fourth-order valence-electron chi connectivity index (χ4n) is 1.67. The van der Waals surface area contributed by atoms with Crippen molar-refractivity contribution in [3.63, 3.8) is 0 Å². The number of aromatic carboxylic acids is 1. The number of hydrogen-bond acceptors (Lipinski definition) is 3. The molecule has 98 valence electrons. The fraction of sp³-hybridized carbons (Fsp3) is 0.143. The van der Waals surface area contributed by atoms with Gasteiger partial charge in [-0.1, -0.05) is 18.2 Å². The quantitative estimate of drug-likeness (QED) is 0.867. The first kappa shape index (κ1) is 13.0. The van der Waals surface area contributed by atoms with Crippen LogP contribution in [0.4, 0.5) is 10.1 Å². The molecular weight excluding hydrogens is 247 g/mol. The smallest absolute Gasteiger partial charge is 0.354 e. The highest BCUT2D eigenvalue weighted by atomic mass is 19.1. The van der Waals surface area contributed by atoms with E-state index in [1.165, 1.54) is 18.3 Å². The zero-order valence-corrected chi connectivity index (χ0v) is 10.1. The highest BCUT2D eigenvalue weighted by Gasteiger charge is 2.04. The number of halogens is 1. The molecule has 0 unspecified atom stereocenters. The van der Waals surface area contributed by atoms with Crippen LogP contribution >= 0.6 is 0 Å². The summed E-state index contributed by atoms with van der Waals surface area (Å²) in [5.74, 6) is -1.28. The number of carboxylic acid groups (broad SMARTS) is 1. The lowest BCUT2D eigenvalue weighted by Crippen LogP contribution is -2.07. The van der Waals surface area contributed by atoms with E-state index in [1.807, 2.05) is 0 Å². The summed E-state index contributed by atoms with van der Waals surface area (Å²) in [7, 11) is 0. The molecule has 0 saturated heterocycles. The second-order valence-corrected chi connectivity index (χ2v) is 4.01. The van der Waals surface area contributed by atoms with Gasteiger partial charge in [-0.2, -0.15) is 0 Å². The van der Waals surface area contributed by atoms with E-state index in [4.69, 9.17) is 5.11 Å². The molecule has 0 spiro atoms. The fourth-order valence-corrected chi connectivity index (χ4v) is 1.67. The second kappa shape index (κ2) is 5.95. The third-order valence-electron chi connectivity index (χ3n) is 2.66. The molecule has 1 aromatic carbocycles. The summed E-state index contributed by atoms with van der Waals surface area (Å²) in [5, 5.41) is 11.8. The first-order chi connectivity index (χ1) is 9.16. The van der Waals surface area contributed by atoms with Gasteiger partial charge in [0.25, 0.3) is 0 Å². The molecule has 5 heteroatoms. The molecule has 0 aliphatic rings. The summed E-state index contributed by atoms with van der Waals surface area (Å²) in [6.07, 6.45) is 2.00. The Balaban J connectivity index is 1.89. The van der Waals surface area contributed by atoms with Crippen LogP contribution in [0.3, 0.4) is 0 Å².